The normalized spacial score (nSPS) is 25.1. The third-order valence-electron chi connectivity index (χ3n) is 8.26. The van der Waals surface area contributed by atoms with E-state index in [9.17, 15) is 18.0 Å². The summed E-state index contributed by atoms with van der Waals surface area (Å²) in [6.45, 7) is 13.6. The molecule has 1 aromatic rings. The molecule has 1 aromatic carbocycles. The van der Waals surface area contributed by atoms with Crippen LogP contribution in [0.1, 0.15) is 49.5 Å². The van der Waals surface area contributed by atoms with Crippen molar-refractivity contribution < 1.29 is 18.0 Å². The first-order chi connectivity index (χ1) is 15.6. The molecule has 1 amide bonds. The average molecular weight is 464 g/mol. The minimum atomic E-state index is -4.44. The van der Waals surface area contributed by atoms with Gasteiger partial charge in [0, 0.05) is 51.4 Å². The van der Waals surface area contributed by atoms with Gasteiger partial charge in [-0.3, -0.25) is 14.6 Å². The number of benzene rings is 1. The highest BCUT2D eigenvalue weighted by Gasteiger charge is 2.51. The molecular formula is C26H36F3N3O. The van der Waals surface area contributed by atoms with E-state index in [4.69, 9.17) is 0 Å². The molecule has 3 aliphatic carbocycles. The van der Waals surface area contributed by atoms with E-state index in [0.29, 0.717) is 18.5 Å². The first-order valence-electron chi connectivity index (χ1n) is 12.2. The summed E-state index contributed by atoms with van der Waals surface area (Å²) in [5, 5.41) is 0. The number of fused-ring (bicyclic) bond motifs is 1. The van der Waals surface area contributed by atoms with E-state index in [2.05, 4.69) is 36.6 Å². The number of amides is 1. The minimum Gasteiger partial charge on any atom is -0.336 e. The number of carbonyl (C=O) groups excluding carboxylic acids is 1. The van der Waals surface area contributed by atoms with Gasteiger partial charge in [0.25, 0.3) is 5.91 Å². The number of rotatable bonds is 7. The van der Waals surface area contributed by atoms with Crippen molar-refractivity contribution in [2.45, 2.75) is 39.8 Å². The summed E-state index contributed by atoms with van der Waals surface area (Å²) in [7, 11) is 0. The Kier molecular flexibility index (Phi) is 6.92. The maximum absolute atomic E-state index is 13.0. The standard InChI is InChI=1S/C26H36F3N3O/c1-4-30(18-20-8-9-21-17-23(20)25(21,2)3)10-11-31-12-14-32(15-13-31)24(33)19-6-5-7-22(16-19)26(27,28)29/h5-8,16,21,23H,4,9-15,17-18H2,1-3H3. The fourth-order valence-electron chi connectivity index (χ4n) is 5.73. The molecule has 0 spiro atoms. The van der Waals surface area contributed by atoms with E-state index >= 15 is 0 Å². The summed E-state index contributed by atoms with van der Waals surface area (Å²) in [6, 6.07) is 4.73. The molecule has 1 saturated carbocycles. The van der Waals surface area contributed by atoms with Crippen LogP contribution in [0, 0.1) is 17.3 Å². The maximum atomic E-state index is 13.0. The van der Waals surface area contributed by atoms with Crippen molar-refractivity contribution in [2.24, 2.45) is 17.3 Å². The number of nitrogens with zero attached hydrogens (tertiary/aromatic N) is 3. The van der Waals surface area contributed by atoms with Gasteiger partial charge in [0.15, 0.2) is 0 Å². The van der Waals surface area contributed by atoms with E-state index in [1.807, 2.05) is 0 Å². The monoisotopic (exact) mass is 463 g/mol. The summed E-state index contributed by atoms with van der Waals surface area (Å²) < 4.78 is 38.9. The van der Waals surface area contributed by atoms with Crippen molar-refractivity contribution in [1.29, 1.82) is 0 Å². The van der Waals surface area contributed by atoms with Gasteiger partial charge >= 0.3 is 6.18 Å². The summed E-state index contributed by atoms with van der Waals surface area (Å²) >= 11 is 0. The van der Waals surface area contributed by atoms with Crippen LogP contribution in [0.5, 0.6) is 0 Å². The molecule has 0 N–H and O–H groups in total. The second-order valence-electron chi connectivity index (χ2n) is 10.4. The lowest BCUT2D eigenvalue weighted by Gasteiger charge is -2.57. The molecule has 4 nitrogen and oxygen atoms in total. The van der Waals surface area contributed by atoms with Crippen LogP contribution < -0.4 is 0 Å². The number of likely N-dealkylation sites (N-methyl/N-ethyl adjacent to an activating group) is 1. The van der Waals surface area contributed by atoms with Gasteiger partial charge in [-0.15, -0.1) is 0 Å². The van der Waals surface area contributed by atoms with Crippen LogP contribution in [0.4, 0.5) is 13.2 Å². The van der Waals surface area contributed by atoms with Gasteiger partial charge in [-0.1, -0.05) is 38.5 Å². The van der Waals surface area contributed by atoms with Crippen LogP contribution in [-0.2, 0) is 6.18 Å². The highest BCUT2D eigenvalue weighted by molar-refractivity contribution is 5.94. The van der Waals surface area contributed by atoms with Gasteiger partial charge < -0.3 is 4.90 Å². The summed E-state index contributed by atoms with van der Waals surface area (Å²) in [6.07, 6.45) is 0.603. The van der Waals surface area contributed by atoms with E-state index < -0.39 is 11.7 Å². The van der Waals surface area contributed by atoms with Crippen LogP contribution >= 0.6 is 0 Å². The number of hydrogen-bond acceptors (Lipinski definition) is 3. The smallest absolute Gasteiger partial charge is 0.336 e. The molecule has 1 aliphatic heterocycles. The molecule has 5 rings (SSSR count). The zero-order valence-electron chi connectivity index (χ0n) is 20.0. The van der Waals surface area contributed by atoms with Crippen LogP contribution in [0.2, 0.25) is 0 Å². The second kappa shape index (κ2) is 9.41. The average Bonchev–Trinajstić information content (AvgIpc) is 2.81. The van der Waals surface area contributed by atoms with E-state index in [-0.39, 0.29) is 11.5 Å². The molecule has 2 fully saturated rings. The van der Waals surface area contributed by atoms with E-state index in [1.165, 1.54) is 25.0 Å². The van der Waals surface area contributed by atoms with Gasteiger partial charge in [-0.05, 0) is 54.8 Å². The maximum Gasteiger partial charge on any atom is 0.416 e. The highest BCUT2D eigenvalue weighted by atomic mass is 19.4. The number of carbonyl (C=O) groups is 1. The number of piperazine rings is 1. The topological polar surface area (TPSA) is 26.8 Å². The van der Waals surface area contributed by atoms with E-state index in [0.717, 1.165) is 63.2 Å². The molecule has 2 atom stereocenters. The van der Waals surface area contributed by atoms with Crippen molar-refractivity contribution in [2.75, 3.05) is 52.4 Å². The molecule has 182 valence electrons. The Morgan fingerprint density at radius 1 is 1.18 bits per heavy atom. The SMILES string of the molecule is CCN(CCN1CCN(C(=O)c2cccc(C(F)(F)F)c2)CC1)CC1=CCC2CC1C2(C)C. The third-order valence-corrected chi connectivity index (χ3v) is 8.26. The Labute approximate surface area is 195 Å². The number of allylic oxidation sites excluding steroid dienone is 1. The summed E-state index contributed by atoms with van der Waals surface area (Å²) in [4.78, 5) is 19.3. The summed E-state index contributed by atoms with van der Waals surface area (Å²) in [5.41, 5.74) is 1.39. The van der Waals surface area contributed by atoms with Crippen molar-refractivity contribution in [3.8, 4) is 0 Å². The predicted octanol–water partition coefficient (Wildman–Crippen LogP) is 4.78. The Morgan fingerprint density at radius 2 is 1.91 bits per heavy atom. The van der Waals surface area contributed by atoms with Crippen LogP contribution in [-0.4, -0.2) is 73.0 Å². The van der Waals surface area contributed by atoms with Gasteiger partial charge in [0.1, 0.15) is 0 Å². The molecule has 0 aromatic heterocycles. The Balaban J connectivity index is 1.25. The van der Waals surface area contributed by atoms with Crippen molar-refractivity contribution in [1.82, 2.24) is 14.7 Å². The Morgan fingerprint density at radius 3 is 2.52 bits per heavy atom. The Hall–Kier alpha value is -1.86. The van der Waals surface area contributed by atoms with Crippen LogP contribution in [0.15, 0.2) is 35.9 Å². The molecule has 33 heavy (non-hydrogen) atoms. The lowest BCUT2D eigenvalue weighted by atomic mass is 9.49. The third kappa shape index (κ3) is 5.14. The van der Waals surface area contributed by atoms with Crippen molar-refractivity contribution in [3.63, 3.8) is 0 Å². The molecule has 4 aliphatic rings. The molecule has 7 heteroatoms. The van der Waals surface area contributed by atoms with Gasteiger partial charge in [-0.2, -0.15) is 13.2 Å². The van der Waals surface area contributed by atoms with Gasteiger partial charge in [0.2, 0.25) is 0 Å². The first-order valence-corrected chi connectivity index (χ1v) is 12.2. The van der Waals surface area contributed by atoms with Gasteiger partial charge in [-0.25, -0.2) is 0 Å². The first kappa shape index (κ1) is 24.3. The lowest BCUT2D eigenvalue weighted by Crippen LogP contribution is -2.51. The zero-order valence-corrected chi connectivity index (χ0v) is 20.0. The second-order valence-corrected chi connectivity index (χ2v) is 10.4. The van der Waals surface area contributed by atoms with Gasteiger partial charge in [0.05, 0.1) is 5.56 Å². The molecular weight excluding hydrogens is 427 g/mol. The largest absolute Gasteiger partial charge is 0.416 e. The highest BCUT2D eigenvalue weighted by Crippen LogP contribution is 2.59. The molecule has 2 unspecified atom stereocenters. The fraction of sp³-hybridized carbons (Fsp3) is 0.654. The predicted molar refractivity (Wildman–Crippen MR) is 124 cm³/mol. The van der Waals surface area contributed by atoms with E-state index in [1.54, 1.807) is 10.5 Å². The number of hydrogen-bond donors (Lipinski definition) is 0. The Bertz CT molecular complexity index is 887. The molecule has 2 bridgehead atoms. The van der Waals surface area contributed by atoms with Crippen LogP contribution in [0.3, 0.4) is 0 Å². The fourth-order valence-corrected chi connectivity index (χ4v) is 5.73. The molecule has 1 saturated heterocycles. The minimum absolute atomic E-state index is 0.109. The number of halogens is 3. The summed E-state index contributed by atoms with van der Waals surface area (Å²) in [5.74, 6) is 1.27. The van der Waals surface area contributed by atoms with Crippen molar-refractivity contribution >= 4 is 5.91 Å². The zero-order chi connectivity index (χ0) is 23.8. The molecule has 0 radical (unpaired) electrons. The van der Waals surface area contributed by atoms with Crippen LogP contribution in [0.25, 0.3) is 0 Å². The quantitative estimate of drug-likeness (QED) is 0.545. The lowest BCUT2D eigenvalue weighted by molar-refractivity contribution is -0.137. The molecule has 1 heterocycles. The number of alkyl halides is 3. The van der Waals surface area contributed by atoms with Crippen molar-refractivity contribution in [3.05, 3.63) is 47.0 Å².